The van der Waals surface area contributed by atoms with Crippen molar-refractivity contribution in [2.75, 3.05) is 5.32 Å². The minimum atomic E-state index is 0.398. The van der Waals surface area contributed by atoms with Crippen LogP contribution in [0.5, 0.6) is 0 Å². The van der Waals surface area contributed by atoms with Crippen LogP contribution in [0.3, 0.4) is 0 Å². The van der Waals surface area contributed by atoms with Crippen LogP contribution in [0.4, 0.5) is 11.6 Å². The fourth-order valence-corrected chi connectivity index (χ4v) is 2.29. The zero-order valence-electron chi connectivity index (χ0n) is 9.61. The zero-order valence-corrected chi connectivity index (χ0v) is 13.4. The minimum absolute atomic E-state index is 0.398. The first kappa shape index (κ1) is 12.9. The Morgan fingerprint density at radius 3 is 2.82 bits per heavy atom. The molecule has 5 heteroatoms. The summed E-state index contributed by atoms with van der Waals surface area (Å²) < 4.78 is 4.39. The van der Waals surface area contributed by atoms with Crippen LogP contribution >= 0.6 is 38.5 Å². The Balaban J connectivity index is 2.25. The summed E-state index contributed by atoms with van der Waals surface area (Å²) in [5.41, 5.74) is 1.05. The van der Waals surface area contributed by atoms with Gasteiger partial charge in [-0.1, -0.05) is 0 Å². The molecule has 1 heterocycles. The summed E-state index contributed by atoms with van der Waals surface area (Å²) in [4.78, 5) is 4.32. The average molecular weight is 406 g/mol. The normalized spacial score (nSPS) is 10.9. The Morgan fingerprint density at radius 2 is 2.18 bits per heavy atom. The topological polar surface area (TPSA) is 29.9 Å². The van der Waals surface area contributed by atoms with Crippen molar-refractivity contribution in [1.29, 1.82) is 0 Å². The van der Waals surface area contributed by atoms with Crippen LogP contribution in [-0.4, -0.2) is 9.55 Å². The highest BCUT2D eigenvalue weighted by Crippen LogP contribution is 2.25. The van der Waals surface area contributed by atoms with Gasteiger partial charge in [-0.15, -0.1) is 0 Å². The number of anilines is 2. The zero-order chi connectivity index (χ0) is 12.4. The summed E-state index contributed by atoms with van der Waals surface area (Å²) >= 11 is 5.79. The third-order valence-corrected chi connectivity index (χ3v) is 4.73. The van der Waals surface area contributed by atoms with Crippen LogP contribution in [0.15, 0.2) is 35.1 Å². The second-order valence-electron chi connectivity index (χ2n) is 4.01. The standard InChI is InChI=1S/C12H13BrIN3/c1-8(2)17-6-5-15-12(17)16-9-3-4-10(13)11(14)7-9/h3-8H,1-2H3,(H,15,16). The van der Waals surface area contributed by atoms with E-state index in [9.17, 15) is 0 Å². The number of aromatic nitrogens is 2. The van der Waals surface area contributed by atoms with Gasteiger partial charge in [-0.05, 0) is 70.6 Å². The highest BCUT2D eigenvalue weighted by molar-refractivity contribution is 14.1. The third kappa shape index (κ3) is 3.01. The monoisotopic (exact) mass is 405 g/mol. The smallest absolute Gasteiger partial charge is 0.207 e. The molecule has 0 radical (unpaired) electrons. The molecule has 1 aromatic carbocycles. The number of nitrogens with zero attached hydrogens (tertiary/aromatic N) is 2. The molecule has 1 aromatic heterocycles. The molecular weight excluding hydrogens is 393 g/mol. The molecule has 0 fully saturated rings. The Labute approximate surface area is 123 Å². The van der Waals surface area contributed by atoms with Gasteiger partial charge in [0.1, 0.15) is 0 Å². The van der Waals surface area contributed by atoms with Gasteiger partial charge in [0.15, 0.2) is 0 Å². The molecule has 0 bridgehead atoms. The fraction of sp³-hybridized carbons (Fsp3) is 0.250. The third-order valence-electron chi connectivity index (χ3n) is 2.40. The summed E-state index contributed by atoms with van der Waals surface area (Å²) in [5.74, 6) is 0.873. The van der Waals surface area contributed by atoms with Gasteiger partial charge in [-0.2, -0.15) is 0 Å². The molecule has 90 valence electrons. The number of halogens is 2. The van der Waals surface area contributed by atoms with Crippen molar-refractivity contribution in [2.24, 2.45) is 0 Å². The van der Waals surface area contributed by atoms with E-state index in [-0.39, 0.29) is 0 Å². The van der Waals surface area contributed by atoms with Crippen LogP contribution < -0.4 is 5.32 Å². The van der Waals surface area contributed by atoms with Gasteiger partial charge in [-0.25, -0.2) is 4.98 Å². The van der Waals surface area contributed by atoms with Crippen LogP contribution in [0.1, 0.15) is 19.9 Å². The largest absolute Gasteiger partial charge is 0.326 e. The number of hydrogen-bond acceptors (Lipinski definition) is 2. The van der Waals surface area contributed by atoms with Crippen molar-refractivity contribution in [2.45, 2.75) is 19.9 Å². The molecule has 2 rings (SSSR count). The lowest BCUT2D eigenvalue weighted by molar-refractivity contribution is 0.608. The first-order valence-corrected chi connectivity index (χ1v) is 7.20. The second kappa shape index (κ2) is 5.39. The van der Waals surface area contributed by atoms with Crippen molar-refractivity contribution < 1.29 is 0 Å². The minimum Gasteiger partial charge on any atom is -0.326 e. The number of imidazole rings is 1. The second-order valence-corrected chi connectivity index (χ2v) is 6.02. The quantitative estimate of drug-likeness (QED) is 0.757. The lowest BCUT2D eigenvalue weighted by Gasteiger charge is -2.13. The molecule has 0 saturated carbocycles. The molecule has 0 aliphatic carbocycles. The molecule has 0 saturated heterocycles. The van der Waals surface area contributed by atoms with E-state index in [1.807, 2.05) is 24.5 Å². The van der Waals surface area contributed by atoms with Crippen molar-refractivity contribution in [1.82, 2.24) is 9.55 Å². The Bertz CT molecular complexity index is 522. The van der Waals surface area contributed by atoms with E-state index in [4.69, 9.17) is 0 Å². The summed E-state index contributed by atoms with van der Waals surface area (Å²) in [6.45, 7) is 4.27. The van der Waals surface area contributed by atoms with Gasteiger partial charge in [0, 0.05) is 32.2 Å². The maximum absolute atomic E-state index is 4.32. The first-order valence-electron chi connectivity index (χ1n) is 5.33. The molecule has 17 heavy (non-hydrogen) atoms. The molecule has 0 aliphatic rings. The molecule has 0 aliphatic heterocycles. The van der Waals surface area contributed by atoms with Crippen molar-refractivity contribution >= 4 is 50.2 Å². The number of benzene rings is 1. The highest BCUT2D eigenvalue weighted by Gasteiger charge is 2.06. The van der Waals surface area contributed by atoms with Gasteiger partial charge in [-0.3, -0.25) is 0 Å². The van der Waals surface area contributed by atoms with Gasteiger partial charge in [0.05, 0.1) is 0 Å². The Hall–Kier alpha value is -0.560. The molecule has 3 nitrogen and oxygen atoms in total. The predicted molar refractivity (Wildman–Crippen MR) is 82.8 cm³/mol. The first-order chi connectivity index (χ1) is 8.08. The molecule has 0 amide bonds. The summed E-state index contributed by atoms with van der Waals surface area (Å²) in [5, 5.41) is 3.33. The molecule has 0 spiro atoms. The molecule has 1 N–H and O–H groups in total. The molecule has 0 atom stereocenters. The van der Waals surface area contributed by atoms with E-state index < -0.39 is 0 Å². The van der Waals surface area contributed by atoms with E-state index in [2.05, 4.69) is 73.3 Å². The van der Waals surface area contributed by atoms with E-state index >= 15 is 0 Å². The summed E-state index contributed by atoms with van der Waals surface area (Å²) in [6, 6.07) is 6.55. The van der Waals surface area contributed by atoms with Gasteiger partial charge < -0.3 is 9.88 Å². The number of rotatable bonds is 3. The predicted octanol–water partition coefficient (Wildman–Crippen LogP) is 4.57. The summed E-state index contributed by atoms with van der Waals surface area (Å²) in [6.07, 6.45) is 3.79. The van der Waals surface area contributed by atoms with Gasteiger partial charge >= 0.3 is 0 Å². The maximum atomic E-state index is 4.32. The van der Waals surface area contributed by atoms with Crippen LogP contribution in [-0.2, 0) is 0 Å². The maximum Gasteiger partial charge on any atom is 0.207 e. The molecular formula is C12H13BrIN3. The van der Waals surface area contributed by atoms with E-state index in [1.165, 1.54) is 3.57 Å². The SMILES string of the molecule is CC(C)n1ccnc1Nc1ccc(Br)c(I)c1. The van der Waals surface area contributed by atoms with Crippen molar-refractivity contribution in [3.05, 3.63) is 38.6 Å². The summed E-state index contributed by atoms with van der Waals surface area (Å²) in [7, 11) is 0. The lowest BCUT2D eigenvalue weighted by atomic mass is 10.3. The van der Waals surface area contributed by atoms with Gasteiger partial charge in [0.2, 0.25) is 5.95 Å². The highest BCUT2D eigenvalue weighted by atomic mass is 127. The van der Waals surface area contributed by atoms with Crippen molar-refractivity contribution in [3.63, 3.8) is 0 Å². The molecule has 2 aromatic rings. The Morgan fingerprint density at radius 1 is 1.41 bits per heavy atom. The van der Waals surface area contributed by atoms with E-state index in [0.717, 1.165) is 16.1 Å². The Kier molecular flexibility index (Phi) is 4.09. The lowest BCUT2D eigenvalue weighted by Crippen LogP contribution is -2.05. The fourth-order valence-electron chi connectivity index (χ4n) is 1.53. The van der Waals surface area contributed by atoms with Crippen molar-refractivity contribution in [3.8, 4) is 0 Å². The number of nitrogens with one attached hydrogen (secondary N) is 1. The molecule has 0 unspecified atom stereocenters. The van der Waals surface area contributed by atoms with Crippen LogP contribution in [0, 0.1) is 3.57 Å². The average Bonchev–Trinajstić information content (AvgIpc) is 2.72. The number of hydrogen-bond donors (Lipinski definition) is 1. The van der Waals surface area contributed by atoms with Gasteiger partial charge in [0.25, 0.3) is 0 Å². The van der Waals surface area contributed by atoms with Crippen LogP contribution in [0.2, 0.25) is 0 Å². The van der Waals surface area contributed by atoms with E-state index in [1.54, 1.807) is 0 Å². The van der Waals surface area contributed by atoms with Crippen LogP contribution in [0.25, 0.3) is 0 Å². The van der Waals surface area contributed by atoms with E-state index in [0.29, 0.717) is 6.04 Å².